The van der Waals surface area contributed by atoms with Crippen LogP contribution in [0.25, 0.3) is 55.6 Å². The van der Waals surface area contributed by atoms with Crippen molar-refractivity contribution in [2.24, 2.45) is 0 Å². The summed E-state index contributed by atoms with van der Waals surface area (Å²) in [4.78, 5) is 0. The fourth-order valence-corrected chi connectivity index (χ4v) is 8.18. The number of furan rings is 2. The second-order valence-corrected chi connectivity index (χ2v) is 12.5. The van der Waals surface area contributed by atoms with E-state index in [1.165, 1.54) is 32.7 Å². The summed E-state index contributed by atoms with van der Waals surface area (Å²) in [5.74, 6) is 2.27. The minimum absolute atomic E-state index is 0.0296. The summed E-state index contributed by atoms with van der Waals surface area (Å²) >= 11 is 0. The third-order valence-corrected chi connectivity index (χ3v) is 10.2. The molecular formula is C44H32O2. The van der Waals surface area contributed by atoms with Crippen molar-refractivity contribution in [3.05, 3.63) is 180 Å². The molecule has 8 aromatic rings. The van der Waals surface area contributed by atoms with Gasteiger partial charge in [0.15, 0.2) is 0 Å². The zero-order chi connectivity index (χ0) is 30.8. The van der Waals surface area contributed by atoms with E-state index in [-0.39, 0.29) is 23.7 Å². The van der Waals surface area contributed by atoms with Crippen LogP contribution >= 0.6 is 0 Å². The number of benzene rings is 6. The Balaban J connectivity index is 1.32. The molecule has 2 nitrogen and oxygen atoms in total. The molecule has 0 saturated heterocycles. The highest BCUT2D eigenvalue weighted by molar-refractivity contribution is 6.07. The Morgan fingerprint density at radius 1 is 0.413 bits per heavy atom. The molecule has 2 heterocycles. The summed E-state index contributed by atoms with van der Waals surface area (Å²) in [5.41, 5.74) is 6.66. The van der Waals surface area contributed by atoms with Crippen molar-refractivity contribution in [3.63, 3.8) is 0 Å². The first-order valence-electron chi connectivity index (χ1n) is 16.0. The van der Waals surface area contributed by atoms with Gasteiger partial charge in [0.2, 0.25) is 0 Å². The molecule has 1 aliphatic rings. The maximum atomic E-state index is 6.85. The molecule has 9 rings (SSSR count). The van der Waals surface area contributed by atoms with Crippen LogP contribution in [0, 0.1) is 0 Å². The van der Waals surface area contributed by atoms with Gasteiger partial charge in [0.05, 0.1) is 0 Å². The smallest absolute Gasteiger partial charge is 0.134 e. The largest absolute Gasteiger partial charge is 0.461 e. The lowest BCUT2D eigenvalue weighted by molar-refractivity contribution is 0.181. The molecule has 46 heavy (non-hydrogen) atoms. The van der Waals surface area contributed by atoms with Gasteiger partial charge in [-0.2, -0.15) is 0 Å². The summed E-state index contributed by atoms with van der Waals surface area (Å²) < 4.78 is 13.7. The van der Waals surface area contributed by atoms with Crippen LogP contribution in [0.5, 0.6) is 0 Å². The van der Waals surface area contributed by atoms with Crippen molar-refractivity contribution in [3.8, 4) is 0 Å². The molecule has 0 N–H and O–H groups in total. The quantitative estimate of drug-likeness (QED) is 0.192. The van der Waals surface area contributed by atoms with Crippen molar-refractivity contribution >= 4 is 55.6 Å². The Morgan fingerprint density at radius 2 is 0.826 bits per heavy atom. The second kappa shape index (κ2) is 10.5. The summed E-state index contributed by atoms with van der Waals surface area (Å²) in [6.07, 6.45) is 3.96. The summed E-state index contributed by atoms with van der Waals surface area (Å²) in [6, 6.07) is 47.5. The highest BCUT2D eigenvalue weighted by Gasteiger charge is 2.56. The van der Waals surface area contributed by atoms with E-state index < -0.39 is 0 Å². The molecule has 1 aliphatic carbocycles. The van der Waals surface area contributed by atoms with Crippen molar-refractivity contribution in [2.45, 2.75) is 23.7 Å². The van der Waals surface area contributed by atoms with Gasteiger partial charge in [-0.05, 0) is 68.1 Å². The predicted molar refractivity (Wildman–Crippen MR) is 191 cm³/mol. The van der Waals surface area contributed by atoms with Crippen LogP contribution in [0.15, 0.2) is 155 Å². The summed E-state index contributed by atoms with van der Waals surface area (Å²) in [6.45, 7) is 8.41. The van der Waals surface area contributed by atoms with Crippen LogP contribution in [0.1, 0.15) is 57.4 Å². The fraction of sp³-hybridized carbons (Fsp3) is 0.0909. The van der Waals surface area contributed by atoms with E-state index in [1.54, 1.807) is 0 Å². The van der Waals surface area contributed by atoms with Crippen LogP contribution in [0.3, 0.4) is 0 Å². The lowest BCUT2D eigenvalue weighted by Crippen LogP contribution is -2.40. The van der Waals surface area contributed by atoms with Crippen molar-refractivity contribution < 1.29 is 8.83 Å². The molecule has 0 aliphatic heterocycles. The molecule has 0 bridgehead atoms. The summed E-state index contributed by atoms with van der Waals surface area (Å²) in [5, 5.41) is 7.13. The topological polar surface area (TPSA) is 26.3 Å². The number of rotatable bonds is 6. The minimum atomic E-state index is 0.0296. The van der Waals surface area contributed by atoms with E-state index in [4.69, 9.17) is 8.83 Å². The molecule has 1 fully saturated rings. The van der Waals surface area contributed by atoms with Gasteiger partial charge in [0.1, 0.15) is 22.7 Å². The van der Waals surface area contributed by atoms with Gasteiger partial charge >= 0.3 is 0 Å². The molecule has 0 spiro atoms. The molecule has 0 amide bonds. The maximum Gasteiger partial charge on any atom is 0.134 e. The van der Waals surface area contributed by atoms with Gasteiger partial charge in [-0.3, -0.25) is 0 Å². The first kappa shape index (κ1) is 26.8. The Kier molecular flexibility index (Phi) is 6.11. The third kappa shape index (κ3) is 3.96. The average molecular weight is 593 g/mol. The van der Waals surface area contributed by atoms with Crippen molar-refractivity contribution in [2.75, 3.05) is 0 Å². The first-order valence-corrected chi connectivity index (χ1v) is 16.0. The third-order valence-electron chi connectivity index (χ3n) is 10.2. The molecule has 220 valence electrons. The van der Waals surface area contributed by atoms with Gasteiger partial charge in [-0.25, -0.2) is 0 Å². The standard InChI is InChI=1S/C44H32O2/c1-3-27-13-5-11-19-33(27)41-42(34-20-12-6-14-28(34)4-2)44(40-26-36-32-18-10-8-16-30(32)22-24-38(36)46-40)43(41)39-25-35-31-17-9-7-15-29(31)21-23-37(35)45-39/h3-26,41-44H,1-2H2/t41-,42-,43-,44-/m1/s1. The average Bonchev–Trinajstić information content (AvgIpc) is 3.73. The van der Waals surface area contributed by atoms with Gasteiger partial charge in [-0.1, -0.05) is 135 Å². The Morgan fingerprint density at radius 3 is 1.28 bits per heavy atom. The molecule has 2 aromatic heterocycles. The zero-order valence-electron chi connectivity index (χ0n) is 25.4. The van der Waals surface area contributed by atoms with Crippen LogP contribution in [0.4, 0.5) is 0 Å². The molecule has 1 saturated carbocycles. The minimum Gasteiger partial charge on any atom is -0.461 e. The predicted octanol–water partition coefficient (Wildman–Crippen LogP) is 12.2. The van der Waals surface area contributed by atoms with Gasteiger partial charge < -0.3 is 8.83 Å². The van der Waals surface area contributed by atoms with Gasteiger partial charge in [0, 0.05) is 34.4 Å². The SMILES string of the molecule is C=Cc1ccccc1[C@H]1[C@@H](c2cc3c(ccc4ccccc43)o2)[C@H](c2cc3c(ccc4ccccc43)o2)[C@@H]1c1ccccc1C=C. The van der Waals surface area contributed by atoms with Crippen LogP contribution in [-0.2, 0) is 0 Å². The number of fused-ring (bicyclic) bond motifs is 6. The van der Waals surface area contributed by atoms with Crippen LogP contribution in [0.2, 0.25) is 0 Å². The Labute approximate surface area is 267 Å². The molecule has 0 unspecified atom stereocenters. The second-order valence-electron chi connectivity index (χ2n) is 12.5. The molecule has 4 atom stereocenters. The number of hydrogen-bond donors (Lipinski definition) is 0. The first-order chi connectivity index (χ1) is 22.7. The van der Waals surface area contributed by atoms with Crippen molar-refractivity contribution in [1.29, 1.82) is 0 Å². The number of hydrogen-bond acceptors (Lipinski definition) is 2. The molecule has 0 radical (unpaired) electrons. The lowest BCUT2D eigenvalue weighted by Gasteiger charge is -2.52. The monoisotopic (exact) mass is 592 g/mol. The Bertz CT molecular complexity index is 2280. The van der Waals surface area contributed by atoms with Gasteiger partial charge in [-0.15, -0.1) is 0 Å². The normalized spacial score (nSPS) is 19.5. The van der Waals surface area contributed by atoms with Crippen LogP contribution in [-0.4, -0.2) is 0 Å². The molecule has 2 heteroatoms. The van der Waals surface area contributed by atoms with E-state index in [9.17, 15) is 0 Å². The molecular weight excluding hydrogens is 560 g/mol. The van der Waals surface area contributed by atoms with E-state index in [0.717, 1.165) is 44.6 Å². The van der Waals surface area contributed by atoms with Gasteiger partial charge in [0.25, 0.3) is 0 Å². The van der Waals surface area contributed by atoms with Crippen LogP contribution < -0.4 is 0 Å². The van der Waals surface area contributed by atoms with E-state index >= 15 is 0 Å². The Hall–Kier alpha value is -5.60. The van der Waals surface area contributed by atoms with E-state index in [1.807, 2.05) is 12.2 Å². The van der Waals surface area contributed by atoms with E-state index in [2.05, 4.69) is 147 Å². The lowest BCUT2D eigenvalue weighted by atomic mass is 9.50. The zero-order valence-corrected chi connectivity index (χ0v) is 25.4. The maximum absolute atomic E-state index is 6.85. The van der Waals surface area contributed by atoms with E-state index in [0.29, 0.717) is 0 Å². The van der Waals surface area contributed by atoms with Crippen molar-refractivity contribution in [1.82, 2.24) is 0 Å². The highest BCUT2D eigenvalue weighted by Crippen LogP contribution is 2.68. The molecule has 6 aromatic carbocycles. The fourth-order valence-electron chi connectivity index (χ4n) is 8.18. The summed E-state index contributed by atoms with van der Waals surface area (Å²) in [7, 11) is 0. The highest BCUT2D eigenvalue weighted by atomic mass is 16.3.